The van der Waals surface area contributed by atoms with Crippen LogP contribution in [-0.4, -0.2) is 18.6 Å². The monoisotopic (exact) mass is 221 g/mol. The molecule has 1 aromatic rings. The SMILES string of the molecule is Cc1ccnc(N(C)CCC(C)C)c1CN. The molecule has 16 heavy (non-hydrogen) atoms. The number of rotatable bonds is 5. The van der Waals surface area contributed by atoms with Crippen LogP contribution in [0, 0.1) is 12.8 Å². The first kappa shape index (κ1) is 13.0. The second kappa shape index (κ2) is 5.85. The van der Waals surface area contributed by atoms with Crippen LogP contribution in [0.3, 0.4) is 0 Å². The van der Waals surface area contributed by atoms with E-state index in [1.54, 1.807) is 0 Å². The van der Waals surface area contributed by atoms with Gasteiger partial charge in [-0.25, -0.2) is 4.98 Å². The minimum absolute atomic E-state index is 0.557. The van der Waals surface area contributed by atoms with Crippen LogP contribution in [0.5, 0.6) is 0 Å². The average molecular weight is 221 g/mol. The minimum Gasteiger partial charge on any atom is -0.359 e. The molecule has 0 saturated carbocycles. The van der Waals surface area contributed by atoms with Crippen molar-refractivity contribution < 1.29 is 0 Å². The highest BCUT2D eigenvalue weighted by molar-refractivity contribution is 5.49. The van der Waals surface area contributed by atoms with Gasteiger partial charge in [-0.3, -0.25) is 0 Å². The molecule has 0 spiro atoms. The summed E-state index contributed by atoms with van der Waals surface area (Å²) >= 11 is 0. The highest BCUT2D eigenvalue weighted by atomic mass is 15.2. The number of nitrogens with zero attached hydrogens (tertiary/aromatic N) is 2. The second-order valence-corrected chi connectivity index (χ2v) is 4.74. The third kappa shape index (κ3) is 3.20. The van der Waals surface area contributed by atoms with Crippen molar-refractivity contribution in [3.63, 3.8) is 0 Å². The maximum Gasteiger partial charge on any atom is 0.133 e. The zero-order chi connectivity index (χ0) is 12.1. The minimum atomic E-state index is 0.557. The van der Waals surface area contributed by atoms with E-state index in [4.69, 9.17) is 5.73 Å². The van der Waals surface area contributed by atoms with Gasteiger partial charge >= 0.3 is 0 Å². The fourth-order valence-corrected chi connectivity index (χ4v) is 1.71. The summed E-state index contributed by atoms with van der Waals surface area (Å²) in [5.74, 6) is 1.75. The first-order chi connectivity index (χ1) is 7.56. The summed E-state index contributed by atoms with van der Waals surface area (Å²) in [4.78, 5) is 6.64. The highest BCUT2D eigenvalue weighted by Crippen LogP contribution is 2.19. The second-order valence-electron chi connectivity index (χ2n) is 4.74. The van der Waals surface area contributed by atoms with Crippen LogP contribution in [0.25, 0.3) is 0 Å². The molecule has 2 N–H and O–H groups in total. The molecule has 1 aromatic heterocycles. The van der Waals surface area contributed by atoms with Gasteiger partial charge in [0.15, 0.2) is 0 Å². The highest BCUT2D eigenvalue weighted by Gasteiger charge is 2.10. The Balaban J connectivity index is 2.82. The molecule has 90 valence electrons. The van der Waals surface area contributed by atoms with Gasteiger partial charge in [0.2, 0.25) is 0 Å². The quantitative estimate of drug-likeness (QED) is 0.829. The number of nitrogens with two attached hydrogens (primary N) is 1. The predicted octanol–water partition coefficient (Wildman–Crippen LogP) is 2.33. The first-order valence-electron chi connectivity index (χ1n) is 5.92. The number of anilines is 1. The summed E-state index contributed by atoms with van der Waals surface area (Å²) < 4.78 is 0. The summed E-state index contributed by atoms with van der Waals surface area (Å²) in [6.07, 6.45) is 3.03. The van der Waals surface area contributed by atoms with Crippen molar-refractivity contribution in [2.75, 3.05) is 18.5 Å². The largest absolute Gasteiger partial charge is 0.359 e. The van der Waals surface area contributed by atoms with E-state index in [1.165, 1.54) is 12.0 Å². The lowest BCUT2D eigenvalue weighted by molar-refractivity contribution is 0.583. The van der Waals surface area contributed by atoms with Gasteiger partial charge in [-0.2, -0.15) is 0 Å². The fourth-order valence-electron chi connectivity index (χ4n) is 1.71. The van der Waals surface area contributed by atoms with Crippen LogP contribution < -0.4 is 10.6 Å². The molecule has 0 radical (unpaired) electrons. The Morgan fingerprint density at radius 2 is 2.12 bits per heavy atom. The number of pyridine rings is 1. The lowest BCUT2D eigenvalue weighted by Gasteiger charge is -2.22. The number of hydrogen-bond donors (Lipinski definition) is 1. The van der Waals surface area contributed by atoms with Gasteiger partial charge in [0.05, 0.1) is 0 Å². The third-order valence-corrected chi connectivity index (χ3v) is 2.87. The van der Waals surface area contributed by atoms with E-state index in [-0.39, 0.29) is 0 Å². The van der Waals surface area contributed by atoms with E-state index >= 15 is 0 Å². The van der Waals surface area contributed by atoms with Crippen molar-refractivity contribution in [2.24, 2.45) is 11.7 Å². The van der Waals surface area contributed by atoms with Crippen molar-refractivity contribution in [1.82, 2.24) is 4.98 Å². The molecule has 0 amide bonds. The lowest BCUT2D eigenvalue weighted by atomic mass is 10.1. The molecule has 0 bridgehead atoms. The summed E-state index contributed by atoms with van der Waals surface area (Å²) in [7, 11) is 2.09. The van der Waals surface area contributed by atoms with Gasteiger partial charge in [-0.1, -0.05) is 13.8 Å². The van der Waals surface area contributed by atoms with E-state index < -0.39 is 0 Å². The molecular formula is C13H23N3. The molecule has 1 rings (SSSR count). The Morgan fingerprint density at radius 3 is 2.69 bits per heavy atom. The predicted molar refractivity (Wildman–Crippen MR) is 69.6 cm³/mol. The number of aromatic nitrogens is 1. The van der Waals surface area contributed by atoms with Crippen LogP contribution in [0.15, 0.2) is 12.3 Å². The van der Waals surface area contributed by atoms with Crippen molar-refractivity contribution in [2.45, 2.75) is 33.7 Å². The maximum atomic E-state index is 5.78. The summed E-state index contributed by atoms with van der Waals surface area (Å²) in [6, 6.07) is 2.02. The molecule has 0 aliphatic rings. The lowest BCUT2D eigenvalue weighted by Crippen LogP contribution is -2.23. The van der Waals surface area contributed by atoms with Gasteiger partial charge < -0.3 is 10.6 Å². The van der Waals surface area contributed by atoms with Crippen LogP contribution in [0.4, 0.5) is 5.82 Å². The molecule has 0 aromatic carbocycles. The van der Waals surface area contributed by atoms with Crippen LogP contribution in [-0.2, 0) is 6.54 Å². The molecule has 0 fully saturated rings. The van der Waals surface area contributed by atoms with Gasteiger partial charge in [-0.15, -0.1) is 0 Å². The molecule has 0 aliphatic heterocycles. The first-order valence-corrected chi connectivity index (χ1v) is 5.92. The summed E-state index contributed by atoms with van der Waals surface area (Å²) in [5, 5.41) is 0. The van der Waals surface area contributed by atoms with Gasteiger partial charge in [0.1, 0.15) is 5.82 Å². The molecule has 3 heteroatoms. The molecule has 0 saturated heterocycles. The van der Waals surface area contributed by atoms with Gasteiger partial charge in [0.25, 0.3) is 0 Å². The van der Waals surface area contributed by atoms with Crippen molar-refractivity contribution in [1.29, 1.82) is 0 Å². The molecule has 1 heterocycles. The molecule has 0 atom stereocenters. The standard InChI is InChI=1S/C13H23N3/c1-10(2)6-8-16(4)13-12(9-14)11(3)5-7-15-13/h5,7,10H,6,8-9,14H2,1-4H3. The zero-order valence-corrected chi connectivity index (χ0v) is 10.8. The Labute approximate surface area is 98.7 Å². The Kier molecular flexibility index (Phi) is 4.74. The maximum absolute atomic E-state index is 5.78. The zero-order valence-electron chi connectivity index (χ0n) is 10.8. The molecule has 0 unspecified atom stereocenters. The molecule has 0 aliphatic carbocycles. The normalized spacial score (nSPS) is 10.9. The van der Waals surface area contributed by atoms with Crippen LogP contribution in [0.2, 0.25) is 0 Å². The smallest absolute Gasteiger partial charge is 0.133 e. The van der Waals surface area contributed by atoms with E-state index in [0.717, 1.165) is 17.9 Å². The number of aryl methyl sites for hydroxylation is 1. The van der Waals surface area contributed by atoms with E-state index in [1.807, 2.05) is 12.3 Å². The van der Waals surface area contributed by atoms with E-state index in [2.05, 4.69) is 37.7 Å². The van der Waals surface area contributed by atoms with Gasteiger partial charge in [-0.05, 0) is 30.9 Å². The van der Waals surface area contributed by atoms with Crippen molar-refractivity contribution in [3.8, 4) is 0 Å². The van der Waals surface area contributed by atoms with Crippen molar-refractivity contribution in [3.05, 3.63) is 23.4 Å². The topological polar surface area (TPSA) is 42.2 Å². The van der Waals surface area contributed by atoms with Crippen molar-refractivity contribution >= 4 is 5.82 Å². The summed E-state index contributed by atoms with van der Waals surface area (Å²) in [5.41, 5.74) is 8.17. The Hall–Kier alpha value is -1.09. The van der Waals surface area contributed by atoms with Crippen LogP contribution in [0.1, 0.15) is 31.4 Å². The Morgan fingerprint density at radius 1 is 1.44 bits per heavy atom. The number of hydrogen-bond acceptors (Lipinski definition) is 3. The fraction of sp³-hybridized carbons (Fsp3) is 0.615. The molecule has 3 nitrogen and oxygen atoms in total. The van der Waals surface area contributed by atoms with E-state index in [9.17, 15) is 0 Å². The molecular weight excluding hydrogens is 198 g/mol. The van der Waals surface area contributed by atoms with Crippen LogP contribution >= 0.6 is 0 Å². The van der Waals surface area contributed by atoms with Gasteiger partial charge in [0, 0.05) is 31.9 Å². The summed E-state index contributed by atoms with van der Waals surface area (Å²) in [6.45, 7) is 8.15. The van der Waals surface area contributed by atoms with E-state index in [0.29, 0.717) is 12.5 Å². The Bertz CT molecular complexity index is 334. The average Bonchev–Trinajstić information content (AvgIpc) is 2.25. The third-order valence-electron chi connectivity index (χ3n) is 2.87.